The molecule has 0 aliphatic carbocycles. The molecule has 2 N–H and O–H groups in total. The number of nitrogens with zero attached hydrogens (tertiary/aromatic N) is 2. The summed E-state index contributed by atoms with van der Waals surface area (Å²) in [7, 11) is -3.66. The minimum absolute atomic E-state index is 0.0315. The summed E-state index contributed by atoms with van der Waals surface area (Å²) in [6.07, 6.45) is 0.820. The van der Waals surface area contributed by atoms with E-state index in [1.54, 1.807) is 18.4 Å². The Morgan fingerprint density at radius 2 is 1.87 bits per heavy atom. The molecule has 0 bridgehead atoms. The number of thiophene rings is 1. The standard InChI is InChI=1S/C22H32N4O3S2/c1-17-6-4-7-20(16-17)26-13-11-25(12-14-26)10-9-18(2)23-22(27)19(3)24-31(28,29)21-8-5-15-30-21/h4-8,15-16,18-19,24H,9-14H2,1-3H3,(H,23,27). The number of hydrogen-bond donors (Lipinski definition) is 2. The van der Waals surface area contributed by atoms with Gasteiger partial charge in [-0.15, -0.1) is 11.3 Å². The van der Waals surface area contributed by atoms with E-state index in [1.165, 1.54) is 17.3 Å². The van der Waals surface area contributed by atoms with Crippen molar-refractivity contribution in [2.45, 2.75) is 43.5 Å². The Morgan fingerprint density at radius 3 is 2.52 bits per heavy atom. The molecule has 2 unspecified atom stereocenters. The molecule has 1 aliphatic rings. The minimum Gasteiger partial charge on any atom is -0.369 e. The van der Waals surface area contributed by atoms with Crippen molar-refractivity contribution in [3.63, 3.8) is 0 Å². The number of piperazine rings is 1. The Kier molecular flexibility index (Phi) is 8.10. The number of nitrogens with one attached hydrogen (secondary N) is 2. The third-order valence-corrected chi connectivity index (χ3v) is 8.43. The Bertz CT molecular complexity index is 955. The number of hydrogen-bond acceptors (Lipinski definition) is 6. The van der Waals surface area contributed by atoms with Crippen molar-refractivity contribution in [2.24, 2.45) is 0 Å². The summed E-state index contributed by atoms with van der Waals surface area (Å²) >= 11 is 1.13. The van der Waals surface area contributed by atoms with E-state index in [0.29, 0.717) is 0 Å². The van der Waals surface area contributed by atoms with Crippen LogP contribution in [-0.2, 0) is 14.8 Å². The van der Waals surface area contributed by atoms with Gasteiger partial charge < -0.3 is 10.2 Å². The van der Waals surface area contributed by atoms with Crippen LogP contribution in [-0.4, -0.2) is 64.0 Å². The van der Waals surface area contributed by atoms with Gasteiger partial charge in [0.1, 0.15) is 4.21 Å². The second-order valence-corrected chi connectivity index (χ2v) is 11.0. The number of anilines is 1. The third-order valence-electron chi connectivity index (χ3n) is 5.49. The molecular weight excluding hydrogens is 432 g/mol. The zero-order valence-corrected chi connectivity index (χ0v) is 20.0. The van der Waals surface area contributed by atoms with Gasteiger partial charge >= 0.3 is 0 Å². The van der Waals surface area contributed by atoms with E-state index in [4.69, 9.17) is 0 Å². The summed E-state index contributed by atoms with van der Waals surface area (Å²) in [5, 5.41) is 4.62. The van der Waals surface area contributed by atoms with Crippen LogP contribution >= 0.6 is 11.3 Å². The van der Waals surface area contributed by atoms with Crippen LogP contribution in [0.3, 0.4) is 0 Å². The van der Waals surface area contributed by atoms with Crippen LogP contribution in [0.1, 0.15) is 25.8 Å². The fourth-order valence-corrected chi connectivity index (χ4v) is 5.84. The molecule has 2 heterocycles. The zero-order valence-electron chi connectivity index (χ0n) is 18.4. The number of carbonyl (C=O) groups excluding carboxylic acids is 1. The predicted molar refractivity (Wildman–Crippen MR) is 126 cm³/mol. The first kappa shape index (κ1) is 23.7. The Morgan fingerprint density at radius 1 is 1.13 bits per heavy atom. The van der Waals surface area contributed by atoms with E-state index in [2.05, 4.69) is 51.0 Å². The molecule has 0 radical (unpaired) electrons. The lowest BCUT2D eigenvalue weighted by Gasteiger charge is -2.36. The van der Waals surface area contributed by atoms with Crippen molar-refractivity contribution >= 4 is 33.0 Å². The maximum atomic E-state index is 12.4. The first-order chi connectivity index (χ1) is 14.7. The van der Waals surface area contributed by atoms with Gasteiger partial charge in [0, 0.05) is 44.5 Å². The van der Waals surface area contributed by atoms with E-state index in [-0.39, 0.29) is 16.2 Å². The monoisotopic (exact) mass is 464 g/mol. The van der Waals surface area contributed by atoms with Gasteiger partial charge in [-0.1, -0.05) is 18.2 Å². The molecule has 0 saturated carbocycles. The number of benzene rings is 1. The fourth-order valence-electron chi connectivity index (χ4n) is 3.63. The van der Waals surface area contributed by atoms with E-state index in [9.17, 15) is 13.2 Å². The summed E-state index contributed by atoms with van der Waals surface area (Å²) in [6.45, 7) is 10.5. The number of sulfonamides is 1. The number of amides is 1. The van der Waals surface area contributed by atoms with E-state index in [0.717, 1.165) is 50.5 Å². The van der Waals surface area contributed by atoms with Crippen LogP contribution in [0.5, 0.6) is 0 Å². The molecule has 1 aromatic carbocycles. The summed E-state index contributed by atoms with van der Waals surface area (Å²) in [5.41, 5.74) is 2.55. The van der Waals surface area contributed by atoms with Crippen molar-refractivity contribution in [2.75, 3.05) is 37.6 Å². The molecule has 1 saturated heterocycles. The van der Waals surface area contributed by atoms with E-state index >= 15 is 0 Å². The van der Waals surface area contributed by atoms with E-state index in [1.807, 2.05) is 6.92 Å². The highest BCUT2D eigenvalue weighted by atomic mass is 32.2. The average Bonchev–Trinajstić information content (AvgIpc) is 3.28. The minimum atomic E-state index is -3.66. The topological polar surface area (TPSA) is 81.8 Å². The van der Waals surface area contributed by atoms with Crippen molar-refractivity contribution in [1.82, 2.24) is 14.9 Å². The summed E-state index contributed by atoms with van der Waals surface area (Å²) in [4.78, 5) is 17.3. The van der Waals surface area contributed by atoms with Crippen LogP contribution in [0.15, 0.2) is 46.0 Å². The second-order valence-electron chi connectivity index (χ2n) is 8.14. The normalized spacial score (nSPS) is 17.3. The highest BCUT2D eigenvalue weighted by Gasteiger charge is 2.24. The first-order valence-electron chi connectivity index (χ1n) is 10.6. The average molecular weight is 465 g/mol. The molecule has 170 valence electrons. The van der Waals surface area contributed by atoms with Gasteiger partial charge in [0.05, 0.1) is 6.04 Å². The molecule has 1 aliphatic heterocycles. The van der Waals surface area contributed by atoms with Gasteiger partial charge in [0.25, 0.3) is 10.0 Å². The number of rotatable bonds is 9. The van der Waals surface area contributed by atoms with Crippen molar-refractivity contribution in [3.05, 3.63) is 47.3 Å². The largest absolute Gasteiger partial charge is 0.369 e. The maximum absolute atomic E-state index is 12.4. The van der Waals surface area contributed by atoms with Gasteiger partial charge in [-0.05, 0) is 56.3 Å². The molecule has 7 nitrogen and oxygen atoms in total. The molecule has 2 aromatic rings. The van der Waals surface area contributed by atoms with Crippen LogP contribution < -0.4 is 14.9 Å². The van der Waals surface area contributed by atoms with E-state index < -0.39 is 16.1 Å². The lowest BCUT2D eigenvalue weighted by atomic mass is 10.1. The van der Waals surface area contributed by atoms with Gasteiger partial charge in [-0.2, -0.15) is 4.72 Å². The summed E-state index contributed by atoms with van der Waals surface area (Å²) in [5.74, 6) is -0.308. The Labute approximate surface area is 189 Å². The highest BCUT2D eigenvalue weighted by Crippen LogP contribution is 2.18. The molecule has 2 atom stereocenters. The Hall–Kier alpha value is -1.94. The lowest BCUT2D eigenvalue weighted by Crippen LogP contribution is -2.49. The highest BCUT2D eigenvalue weighted by molar-refractivity contribution is 7.91. The van der Waals surface area contributed by atoms with Gasteiger partial charge in [-0.3, -0.25) is 9.69 Å². The SMILES string of the molecule is Cc1cccc(N2CCN(CCC(C)NC(=O)C(C)NS(=O)(=O)c3cccs3)CC2)c1. The molecule has 0 spiro atoms. The van der Waals surface area contributed by atoms with Crippen LogP contribution in [0.4, 0.5) is 5.69 Å². The third kappa shape index (κ3) is 6.77. The fraction of sp³-hybridized carbons (Fsp3) is 0.500. The molecule has 1 fully saturated rings. The van der Waals surface area contributed by atoms with Crippen LogP contribution in [0.2, 0.25) is 0 Å². The molecule has 3 rings (SSSR count). The van der Waals surface area contributed by atoms with Crippen LogP contribution in [0.25, 0.3) is 0 Å². The second kappa shape index (κ2) is 10.6. The molecule has 1 amide bonds. The predicted octanol–water partition coefficient (Wildman–Crippen LogP) is 2.44. The molecule has 1 aromatic heterocycles. The Balaban J connectivity index is 1.39. The maximum Gasteiger partial charge on any atom is 0.250 e. The number of carbonyl (C=O) groups is 1. The molecular formula is C22H32N4O3S2. The van der Waals surface area contributed by atoms with Crippen molar-refractivity contribution in [3.8, 4) is 0 Å². The lowest BCUT2D eigenvalue weighted by molar-refractivity contribution is -0.123. The van der Waals surface area contributed by atoms with Crippen LogP contribution in [0, 0.1) is 6.92 Å². The quantitative estimate of drug-likeness (QED) is 0.596. The number of aryl methyl sites for hydroxylation is 1. The van der Waals surface area contributed by atoms with Crippen molar-refractivity contribution < 1.29 is 13.2 Å². The van der Waals surface area contributed by atoms with Gasteiger partial charge in [-0.25, -0.2) is 8.42 Å². The van der Waals surface area contributed by atoms with Gasteiger partial charge in [0.2, 0.25) is 5.91 Å². The van der Waals surface area contributed by atoms with Gasteiger partial charge in [0.15, 0.2) is 0 Å². The first-order valence-corrected chi connectivity index (χ1v) is 13.0. The molecule has 9 heteroatoms. The summed E-state index contributed by atoms with van der Waals surface area (Å²) < 4.78 is 27.2. The zero-order chi connectivity index (χ0) is 22.4. The van der Waals surface area contributed by atoms with Crippen molar-refractivity contribution in [1.29, 1.82) is 0 Å². The molecule has 31 heavy (non-hydrogen) atoms. The smallest absolute Gasteiger partial charge is 0.250 e. The summed E-state index contributed by atoms with van der Waals surface area (Å²) in [6, 6.07) is 10.9.